The number of aromatic nitrogens is 3. The maximum Gasteiger partial charge on any atom is 0.255 e. The summed E-state index contributed by atoms with van der Waals surface area (Å²) in [5, 5.41) is 10.8. The Hall–Kier alpha value is -2.99. The molecule has 26 heavy (non-hydrogen) atoms. The van der Waals surface area contributed by atoms with Gasteiger partial charge >= 0.3 is 0 Å². The lowest BCUT2D eigenvalue weighted by atomic mass is 10.1. The molecule has 0 spiro atoms. The summed E-state index contributed by atoms with van der Waals surface area (Å²) < 4.78 is 1.63. The highest BCUT2D eigenvalue weighted by Gasteiger charge is 2.11. The summed E-state index contributed by atoms with van der Waals surface area (Å²) >= 11 is 0. The fourth-order valence-electron chi connectivity index (χ4n) is 2.80. The van der Waals surface area contributed by atoms with Gasteiger partial charge in [0.05, 0.1) is 18.1 Å². The van der Waals surface area contributed by atoms with Crippen LogP contribution in [0.15, 0.2) is 60.9 Å². The Kier molecular flexibility index (Phi) is 5.76. The Morgan fingerprint density at radius 3 is 2.65 bits per heavy atom. The van der Waals surface area contributed by atoms with Crippen LogP contribution in [0.25, 0.3) is 5.69 Å². The van der Waals surface area contributed by atoms with E-state index in [1.54, 1.807) is 29.2 Å². The van der Waals surface area contributed by atoms with E-state index in [-0.39, 0.29) is 5.91 Å². The summed E-state index contributed by atoms with van der Waals surface area (Å²) in [6.45, 7) is 7.03. The maximum absolute atomic E-state index is 12.7. The molecule has 3 rings (SSSR count). The van der Waals surface area contributed by atoms with Gasteiger partial charge in [-0.3, -0.25) is 9.69 Å². The molecule has 0 fully saturated rings. The number of hydrogen-bond acceptors (Lipinski definition) is 4. The summed E-state index contributed by atoms with van der Waals surface area (Å²) in [6, 6.07) is 15.3. The van der Waals surface area contributed by atoms with Crippen molar-refractivity contribution in [2.24, 2.45) is 0 Å². The molecule has 0 saturated heterocycles. The molecule has 6 heteroatoms. The Labute approximate surface area is 153 Å². The molecular formula is C20H23N5O. The van der Waals surface area contributed by atoms with E-state index in [9.17, 15) is 4.79 Å². The smallest absolute Gasteiger partial charge is 0.255 e. The first-order valence-corrected chi connectivity index (χ1v) is 8.79. The molecule has 0 saturated carbocycles. The minimum absolute atomic E-state index is 0.140. The molecule has 1 aromatic heterocycles. The van der Waals surface area contributed by atoms with Crippen LogP contribution in [0.1, 0.15) is 29.8 Å². The zero-order chi connectivity index (χ0) is 18.4. The van der Waals surface area contributed by atoms with Gasteiger partial charge in [-0.25, -0.2) is 4.68 Å². The van der Waals surface area contributed by atoms with Crippen molar-refractivity contribution in [3.63, 3.8) is 0 Å². The molecule has 0 unspecified atom stereocenters. The van der Waals surface area contributed by atoms with Gasteiger partial charge in [-0.05, 0) is 42.9 Å². The first kappa shape index (κ1) is 17.8. The number of nitrogens with zero attached hydrogens (tertiary/aromatic N) is 4. The van der Waals surface area contributed by atoms with Gasteiger partial charge in [-0.2, -0.15) is 0 Å². The van der Waals surface area contributed by atoms with Crippen LogP contribution in [-0.2, 0) is 6.54 Å². The molecule has 3 aromatic rings. The average Bonchev–Trinajstić information content (AvgIpc) is 3.22. The van der Waals surface area contributed by atoms with Crippen molar-refractivity contribution in [2.45, 2.75) is 20.4 Å². The van der Waals surface area contributed by atoms with E-state index in [1.165, 1.54) is 0 Å². The number of anilines is 1. The van der Waals surface area contributed by atoms with E-state index in [1.807, 2.05) is 30.3 Å². The lowest BCUT2D eigenvalue weighted by Gasteiger charge is -2.20. The number of nitrogens with one attached hydrogen (secondary N) is 1. The molecular weight excluding hydrogens is 326 g/mol. The van der Waals surface area contributed by atoms with E-state index in [4.69, 9.17) is 0 Å². The van der Waals surface area contributed by atoms with E-state index >= 15 is 0 Å². The summed E-state index contributed by atoms with van der Waals surface area (Å²) in [6.07, 6.45) is 3.35. The number of carbonyl (C=O) groups excluding carboxylic acids is 1. The van der Waals surface area contributed by atoms with E-state index in [0.717, 1.165) is 36.6 Å². The topological polar surface area (TPSA) is 63.1 Å². The predicted molar refractivity (Wildman–Crippen MR) is 102 cm³/mol. The molecule has 134 valence electrons. The van der Waals surface area contributed by atoms with Crippen LogP contribution in [0.3, 0.4) is 0 Å². The molecule has 0 atom stereocenters. The molecule has 0 aliphatic carbocycles. The van der Waals surface area contributed by atoms with Crippen LogP contribution in [-0.4, -0.2) is 38.9 Å². The van der Waals surface area contributed by atoms with Crippen molar-refractivity contribution < 1.29 is 4.79 Å². The van der Waals surface area contributed by atoms with Crippen LogP contribution in [0.5, 0.6) is 0 Å². The number of para-hydroxylation sites is 1. The molecule has 0 bridgehead atoms. The van der Waals surface area contributed by atoms with Crippen LogP contribution in [0.4, 0.5) is 5.69 Å². The van der Waals surface area contributed by atoms with Crippen molar-refractivity contribution in [1.82, 2.24) is 19.9 Å². The Bertz CT molecular complexity index is 856. The van der Waals surface area contributed by atoms with Crippen LogP contribution in [0, 0.1) is 0 Å². The fourth-order valence-corrected chi connectivity index (χ4v) is 2.80. The minimum Gasteiger partial charge on any atom is -0.322 e. The third kappa shape index (κ3) is 4.15. The van der Waals surface area contributed by atoms with Gasteiger partial charge in [0.25, 0.3) is 5.91 Å². The van der Waals surface area contributed by atoms with Gasteiger partial charge in [0.15, 0.2) is 0 Å². The van der Waals surface area contributed by atoms with Crippen LogP contribution < -0.4 is 5.32 Å². The lowest BCUT2D eigenvalue weighted by Crippen LogP contribution is -2.23. The van der Waals surface area contributed by atoms with E-state index in [0.29, 0.717) is 5.56 Å². The highest BCUT2D eigenvalue weighted by Crippen LogP contribution is 2.19. The summed E-state index contributed by atoms with van der Waals surface area (Å²) in [4.78, 5) is 15.1. The normalized spacial score (nSPS) is 10.9. The zero-order valence-electron chi connectivity index (χ0n) is 15.1. The second kappa shape index (κ2) is 8.40. The van der Waals surface area contributed by atoms with E-state index < -0.39 is 0 Å². The first-order chi connectivity index (χ1) is 12.7. The largest absolute Gasteiger partial charge is 0.322 e. The highest BCUT2D eigenvalue weighted by atomic mass is 16.1. The second-order valence-electron chi connectivity index (χ2n) is 5.97. The molecule has 0 aliphatic heterocycles. The van der Waals surface area contributed by atoms with Crippen molar-refractivity contribution in [3.05, 3.63) is 72.1 Å². The fraction of sp³-hybridized carbons (Fsp3) is 0.250. The SMILES string of the molecule is CCN(CC)Cc1ccccc1NC(=O)c1cccc(-n2ccnn2)c1. The minimum atomic E-state index is -0.140. The van der Waals surface area contributed by atoms with Gasteiger partial charge in [-0.1, -0.05) is 43.3 Å². The van der Waals surface area contributed by atoms with Gasteiger partial charge in [0.1, 0.15) is 0 Å². The number of amides is 1. The molecule has 0 aliphatic rings. The lowest BCUT2D eigenvalue weighted by molar-refractivity contribution is 0.102. The Balaban J connectivity index is 1.79. The average molecular weight is 349 g/mol. The van der Waals surface area contributed by atoms with E-state index in [2.05, 4.69) is 40.4 Å². The number of benzene rings is 2. The third-order valence-electron chi connectivity index (χ3n) is 4.35. The van der Waals surface area contributed by atoms with Crippen molar-refractivity contribution in [2.75, 3.05) is 18.4 Å². The molecule has 1 amide bonds. The monoisotopic (exact) mass is 349 g/mol. The molecule has 1 N–H and O–H groups in total. The van der Waals surface area contributed by atoms with Gasteiger partial charge in [0.2, 0.25) is 0 Å². The Morgan fingerprint density at radius 1 is 1.12 bits per heavy atom. The van der Waals surface area contributed by atoms with Crippen molar-refractivity contribution >= 4 is 11.6 Å². The van der Waals surface area contributed by atoms with Gasteiger partial charge in [0, 0.05) is 17.8 Å². The Morgan fingerprint density at radius 2 is 1.92 bits per heavy atom. The van der Waals surface area contributed by atoms with Crippen molar-refractivity contribution in [3.8, 4) is 5.69 Å². The summed E-state index contributed by atoms with van der Waals surface area (Å²) in [5.74, 6) is -0.140. The molecule has 1 heterocycles. The second-order valence-corrected chi connectivity index (χ2v) is 5.97. The number of hydrogen-bond donors (Lipinski definition) is 1. The molecule has 6 nitrogen and oxygen atoms in total. The quantitative estimate of drug-likeness (QED) is 0.710. The third-order valence-corrected chi connectivity index (χ3v) is 4.35. The number of carbonyl (C=O) groups is 1. The van der Waals surface area contributed by atoms with Crippen LogP contribution in [0.2, 0.25) is 0 Å². The maximum atomic E-state index is 12.7. The summed E-state index contributed by atoms with van der Waals surface area (Å²) in [5.41, 5.74) is 3.33. The van der Waals surface area contributed by atoms with Crippen LogP contribution >= 0.6 is 0 Å². The molecule has 2 aromatic carbocycles. The predicted octanol–water partition coefficient (Wildman–Crippen LogP) is 3.36. The van der Waals surface area contributed by atoms with Gasteiger partial charge < -0.3 is 5.32 Å². The van der Waals surface area contributed by atoms with Gasteiger partial charge in [-0.15, -0.1) is 5.10 Å². The number of rotatable bonds is 7. The standard InChI is InChI=1S/C20H23N5O/c1-3-24(4-2)15-17-8-5-6-11-19(17)22-20(26)16-9-7-10-18(14-16)25-13-12-21-23-25/h5-14H,3-4,15H2,1-2H3,(H,22,26). The first-order valence-electron chi connectivity index (χ1n) is 8.79. The molecule has 0 radical (unpaired) electrons. The highest BCUT2D eigenvalue weighted by molar-refractivity contribution is 6.05. The summed E-state index contributed by atoms with van der Waals surface area (Å²) in [7, 11) is 0. The van der Waals surface area contributed by atoms with Crippen molar-refractivity contribution in [1.29, 1.82) is 0 Å². The zero-order valence-corrected chi connectivity index (χ0v) is 15.1.